The van der Waals surface area contributed by atoms with Gasteiger partial charge in [0, 0.05) is 119 Å². The number of anilines is 10. The third-order valence-electron chi connectivity index (χ3n) is 11.2. The number of hydrogen-bond donors (Lipinski definition) is 2. The van der Waals surface area contributed by atoms with E-state index in [1.165, 1.54) is 22.7 Å². The minimum absolute atomic E-state index is 1.07. The third kappa shape index (κ3) is 18.6. The van der Waals surface area contributed by atoms with Crippen molar-refractivity contribution in [3.63, 3.8) is 0 Å². The zero-order valence-corrected chi connectivity index (χ0v) is 43.3. The fraction of sp³-hybridized carbons (Fsp3) is 0.444. The summed E-state index contributed by atoms with van der Waals surface area (Å²) in [6.45, 7) is 26.7. The van der Waals surface area contributed by atoms with Crippen LogP contribution in [-0.2, 0) is 0 Å². The molecule has 2 N–H and O–H groups in total. The first-order valence-electron chi connectivity index (χ1n) is 24.5. The average Bonchev–Trinajstić information content (AvgIpc) is 3.32. The predicted molar refractivity (Wildman–Crippen MR) is 271 cm³/mol. The van der Waals surface area contributed by atoms with Crippen molar-refractivity contribution in [1.29, 1.82) is 0 Å². The zero-order chi connectivity index (χ0) is 49.8. The molecule has 0 radical (unpaired) electrons. The number of benzene rings is 5. The summed E-state index contributed by atoms with van der Waals surface area (Å²) in [7, 11) is -5.20. The molecule has 0 amide bonds. The van der Waals surface area contributed by atoms with Crippen LogP contribution in [0.25, 0.3) is 0 Å². The number of nitrogens with zero attached hydrogens (tertiary/aromatic N) is 6. The van der Waals surface area contributed by atoms with E-state index < -0.39 is 21.6 Å². The van der Waals surface area contributed by atoms with Gasteiger partial charge in [-0.1, -0.05) is 55.4 Å². The highest BCUT2D eigenvalue weighted by Gasteiger charge is 2.19. The van der Waals surface area contributed by atoms with Gasteiger partial charge in [0.15, 0.2) is 0 Å². The van der Waals surface area contributed by atoms with E-state index in [0.29, 0.717) is 0 Å². The summed E-state index contributed by atoms with van der Waals surface area (Å²) in [5, 5.41) is 0. The molecule has 0 aliphatic rings. The Balaban J connectivity index is 0.00000142. The van der Waals surface area contributed by atoms with Crippen molar-refractivity contribution in [2.24, 2.45) is 0 Å². The van der Waals surface area contributed by atoms with E-state index in [-0.39, 0.29) is 0 Å². The lowest BCUT2D eigenvalue weighted by Gasteiger charge is -2.30. The highest BCUT2D eigenvalue weighted by molar-refractivity contribution is 5.82. The summed E-state index contributed by atoms with van der Waals surface area (Å²) in [5.74, 6) is 0. The minimum atomic E-state index is -2.60. The second-order valence-electron chi connectivity index (χ2n) is 16.6. The van der Waals surface area contributed by atoms with Crippen LogP contribution in [0.15, 0.2) is 121 Å². The highest BCUT2D eigenvalue weighted by Crippen LogP contribution is 2.41. The Morgan fingerprint density at radius 2 is 0.368 bits per heavy atom. The van der Waals surface area contributed by atoms with Crippen LogP contribution >= 0.6 is 0 Å². The van der Waals surface area contributed by atoms with E-state index in [1.54, 1.807) is 0 Å². The van der Waals surface area contributed by atoms with Crippen LogP contribution in [0, 0.1) is 21.6 Å². The molecule has 0 atom stereocenters. The molecule has 5 aromatic rings. The second-order valence-corrected chi connectivity index (χ2v) is 17.4. The molecular formula is C54H78Cl2N6O6. The number of halogens is 2. The molecule has 0 aliphatic heterocycles. The molecule has 0 bridgehead atoms. The molecule has 0 aromatic heterocycles. The maximum Gasteiger partial charge on any atom is 0.282 e. The summed E-state index contributed by atoms with van der Waals surface area (Å²) in [5.41, 5.74) is 12.0. The van der Waals surface area contributed by atoms with Crippen molar-refractivity contribution in [2.45, 2.75) is 107 Å². The molecule has 0 heterocycles. The Bertz CT molecular complexity index is 1750. The van der Waals surface area contributed by atoms with Gasteiger partial charge >= 0.3 is 0 Å². The van der Waals surface area contributed by atoms with E-state index in [0.717, 1.165) is 138 Å². The largest absolute Gasteiger partial charge is 0.372 e. The van der Waals surface area contributed by atoms with E-state index >= 15 is 0 Å². The van der Waals surface area contributed by atoms with Gasteiger partial charge in [0.25, 0.3) is 21.6 Å². The topological polar surface area (TPSA) is 152 Å². The molecule has 0 unspecified atom stereocenters. The van der Waals surface area contributed by atoms with Gasteiger partial charge in [-0.05, 0) is 173 Å². The molecule has 68 heavy (non-hydrogen) atoms. The maximum atomic E-state index is 8.52. The van der Waals surface area contributed by atoms with E-state index in [2.05, 4.69) is 206 Å². The number of rotatable bonds is 26. The third-order valence-corrected chi connectivity index (χ3v) is 11.2. The molecule has 12 nitrogen and oxygen atoms in total. The van der Waals surface area contributed by atoms with Crippen LogP contribution in [0.5, 0.6) is 0 Å². The molecule has 0 saturated carbocycles. The van der Waals surface area contributed by atoms with Gasteiger partial charge in [-0.25, -0.2) is 0 Å². The minimum Gasteiger partial charge on any atom is -0.372 e. The Labute approximate surface area is 414 Å². The molecule has 0 aliphatic carbocycles. The molecule has 0 fully saturated rings. The predicted octanol–water partition coefficient (Wildman–Crippen LogP) is 9.26. The lowest BCUT2D eigenvalue weighted by molar-refractivity contribution is -1.63. The van der Waals surface area contributed by atoms with Gasteiger partial charge < -0.3 is 48.0 Å². The molecule has 14 heteroatoms. The average molecular weight is 978 g/mol. The van der Waals surface area contributed by atoms with E-state index in [1.807, 2.05) is 0 Å². The van der Waals surface area contributed by atoms with Crippen LogP contribution in [0.2, 0.25) is 0 Å². The van der Waals surface area contributed by atoms with Crippen LogP contribution in [0.3, 0.4) is 0 Å². The summed E-state index contributed by atoms with van der Waals surface area (Å²) in [6.07, 6.45) is 9.09. The van der Waals surface area contributed by atoms with Gasteiger partial charge in [0.2, 0.25) is 0 Å². The van der Waals surface area contributed by atoms with Gasteiger partial charge in [0.1, 0.15) is 0 Å². The van der Waals surface area contributed by atoms with Gasteiger partial charge in [-0.15, -0.1) is 0 Å². The first-order chi connectivity index (χ1) is 32.9. The Morgan fingerprint density at radius 1 is 0.265 bits per heavy atom. The highest BCUT2D eigenvalue weighted by atomic mass is 35.6. The van der Waals surface area contributed by atoms with Crippen molar-refractivity contribution in [3.8, 4) is 0 Å². The van der Waals surface area contributed by atoms with Crippen molar-refractivity contribution >= 4 is 56.9 Å². The maximum absolute atomic E-state index is 8.52. The summed E-state index contributed by atoms with van der Waals surface area (Å²) in [6, 6.07) is 46.0. The van der Waals surface area contributed by atoms with Gasteiger partial charge in [-0.3, -0.25) is 0 Å². The van der Waals surface area contributed by atoms with Crippen molar-refractivity contribution in [1.82, 2.24) is 0 Å². The van der Waals surface area contributed by atoms with E-state index in [9.17, 15) is 0 Å². The van der Waals surface area contributed by atoms with Crippen molar-refractivity contribution < 1.29 is 49.5 Å². The van der Waals surface area contributed by atoms with Crippen LogP contribution in [0.1, 0.15) is 107 Å². The SMILES string of the molecule is CCCN(CCC)c1ccc(N(c2ccc(N(CCC)CCC)cc2)c2ccc(N(c3ccc(N(CCC)CCC)cc3)c3ccc(N(CCC)CCC)cc3)cc2)cc1.[O-][Cl+2]([O-])O.[O-][Cl+2]([O-])O. The van der Waals surface area contributed by atoms with Crippen LogP contribution < -0.4 is 48.0 Å². The molecule has 5 rings (SSSR count). The molecule has 374 valence electrons. The molecule has 5 aromatic carbocycles. The Hall–Kier alpha value is -4.76. The molecule has 0 spiro atoms. The van der Waals surface area contributed by atoms with Crippen molar-refractivity contribution in [3.05, 3.63) is 121 Å². The molecule has 0 saturated heterocycles. The summed E-state index contributed by atoms with van der Waals surface area (Å²) < 4.78 is 47.9. The smallest absolute Gasteiger partial charge is 0.282 e. The summed E-state index contributed by atoms with van der Waals surface area (Å²) >= 11 is 0. The van der Waals surface area contributed by atoms with Gasteiger partial charge in [-0.2, -0.15) is 0 Å². The normalized spacial score (nSPS) is 10.8. The zero-order valence-electron chi connectivity index (χ0n) is 41.8. The first kappa shape index (κ1) is 57.6. The van der Waals surface area contributed by atoms with Crippen LogP contribution in [0.4, 0.5) is 56.9 Å². The lowest BCUT2D eigenvalue weighted by Crippen LogP contribution is -2.30. The lowest BCUT2D eigenvalue weighted by atomic mass is 10.1. The van der Waals surface area contributed by atoms with Gasteiger partial charge in [0.05, 0.1) is 0 Å². The molecular weight excluding hydrogens is 900 g/mol. The van der Waals surface area contributed by atoms with Crippen molar-refractivity contribution in [2.75, 3.05) is 81.8 Å². The van der Waals surface area contributed by atoms with E-state index in [4.69, 9.17) is 28.0 Å². The fourth-order valence-corrected chi connectivity index (χ4v) is 8.53. The first-order valence-corrected chi connectivity index (χ1v) is 26.4. The standard InChI is InChI=1S/C54H76N6.2ClHO3/c1-9-37-55(38-10-2)45-17-25-49(26-18-45)59(50-27-19-46(20-28-50)56(39-11-3)40-12-4)53-33-35-54(36-34-53)60(51-29-21-47(22-30-51)57(41-13-5)42-14-6)52-31-23-48(24-32-52)58(43-15-7)44-16-8;2*2-1(3)4/h17-36H,9-16,37-44H2,1-8H3;2*2H. The van der Waals surface area contributed by atoms with Crippen LogP contribution in [-0.4, -0.2) is 61.7 Å². The Morgan fingerprint density at radius 3 is 0.471 bits per heavy atom. The Kier molecular flexibility index (Phi) is 27.2. The fourth-order valence-electron chi connectivity index (χ4n) is 8.53. The number of hydrogen-bond acceptors (Lipinski definition) is 12. The second kappa shape index (κ2) is 32.1. The monoisotopic (exact) mass is 977 g/mol. The quantitative estimate of drug-likeness (QED) is 0.0544. The summed E-state index contributed by atoms with van der Waals surface area (Å²) in [4.78, 5) is 14.9.